The van der Waals surface area contributed by atoms with Gasteiger partial charge in [0.25, 0.3) is 0 Å². The molecule has 0 saturated carbocycles. The van der Waals surface area contributed by atoms with Crippen LogP contribution in [0, 0.1) is 5.41 Å². The molecule has 1 saturated heterocycles. The van der Waals surface area contributed by atoms with Gasteiger partial charge in [0, 0.05) is 13.1 Å². The maximum Gasteiger partial charge on any atom is 0.339 e. The van der Waals surface area contributed by atoms with Crippen LogP contribution in [0.5, 0.6) is 5.75 Å². The molecule has 0 radical (unpaired) electrons. The highest BCUT2D eigenvalue weighted by molar-refractivity contribution is 7.89. The highest BCUT2D eigenvalue weighted by Gasteiger charge is 2.33. The summed E-state index contributed by atoms with van der Waals surface area (Å²) in [6.07, 6.45) is 1.52. The van der Waals surface area contributed by atoms with Gasteiger partial charge in [0.2, 0.25) is 10.0 Å². The molecule has 7 heteroatoms. The SMILES string of the molecule is CC1(C)CCN(S(=O)(=O)c2ccc(O)c(C(=O)O)c2)CC1. The van der Waals surface area contributed by atoms with Crippen LogP contribution in [-0.4, -0.2) is 42.0 Å². The molecule has 0 spiro atoms. The van der Waals surface area contributed by atoms with E-state index >= 15 is 0 Å². The van der Waals surface area contributed by atoms with Crippen LogP contribution in [-0.2, 0) is 10.0 Å². The third-order valence-electron chi connectivity index (χ3n) is 3.91. The van der Waals surface area contributed by atoms with Gasteiger partial charge in [0.05, 0.1) is 4.90 Å². The van der Waals surface area contributed by atoms with Gasteiger partial charge in [0.1, 0.15) is 11.3 Å². The predicted molar refractivity (Wildman–Crippen MR) is 76.8 cm³/mol. The van der Waals surface area contributed by atoms with E-state index in [4.69, 9.17) is 5.11 Å². The Morgan fingerprint density at radius 3 is 2.33 bits per heavy atom. The Morgan fingerprint density at radius 1 is 1.24 bits per heavy atom. The summed E-state index contributed by atoms with van der Waals surface area (Å²) in [5.74, 6) is -1.80. The van der Waals surface area contributed by atoms with E-state index in [9.17, 15) is 18.3 Å². The highest BCUT2D eigenvalue weighted by Crippen LogP contribution is 2.33. The highest BCUT2D eigenvalue weighted by atomic mass is 32.2. The fourth-order valence-electron chi connectivity index (χ4n) is 2.33. The van der Waals surface area contributed by atoms with Gasteiger partial charge in [-0.3, -0.25) is 0 Å². The molecule has 1 heterocycles. The normalized spacial score (nSPS) is 19.3. The standard InChI is InChI=1S/C14H19NO5S/c1-14(2)5-7-15(8-6-14)21(19,20)10-3-4-12(16)11(9-10)13(17)18/h3-4,9,16H,5-8H2,1-2H3,(H,17,18). The van der Waals surface area contributed by atoms with Gasteiger partial charge in [-0.15, -0.1) is 0 Å². The third kappa shape index (κ3) is 3.19. The van der Waals surface area contributed by atoms with Crippen molar-refractivity contribution in [2.45, 2.75) is 31.6 Å². The predicted octanol–water partition coefficient (Wildman–Crippen LogP) is 1.90. The van der Waals surface area contributed by atoms with Crippen LogP contribution in [0.25, 0.3) is 0 Å². The van der Waals surface area contributed by atoms with Crippen molar-refractivity contribution in [1.29, 1.82) is 0 Å². The van der Waals surface area contributed by atoms with E-state index in [1.165, 1.54) is 10.4 Å². The smallest absolute Gasteiger partial charge is 0.339 e. The molecular weight excluding hydrogens is 294 g/mol. The maximum atomic E-state index is 12.5. The van der Waals surface area contributed by atoms with Gasteiger partial charge in [-0.05, 0) is 36.5 Å². The quantitative estimate of drug-likeness (QED) is 0.888. The number of carboxylic acid groups (broad SMARTS) is 1. The number of rotatable bonds is 3. The lowest BCUT2D eigenvalue weighted by Gasteiger charge is -2.36. The number of sulfonamides is 1. The minimum Gasteiger partial charge on any atom is -0.507 e. The maximum absolute atomic E-state index is 12.5. The molecule has 0 unspecified atom stereocenters. The number of phenols is 1. The molecule has 2 rings (SSSR count). The van der Waals surface area contributed by atoms with Crippen LogP contribution in [0.3, 0.4) is 0 Å². The molecule has 116 valence electrons. The average molecular weight is 313 g/mol. The van der Waals surface area contributed by atoms with Gasteiger partial charge in [-0.2, -0.15) is 4.31 Å². The number of piperidine rings is 1. The van der Waals surface area contributed by atoms with Crippen LogP contribution < -0.4 is 0 Å². The van der Waals surface area contributed by atoms with Crippen molar-refractivity contribution >= 4 is 16.0 Å². The Morgan fingerprint density at radius 2 is 1.81 bits per heavy atom. The van der Waals surface area contributed by atoms with Crippen molar-refractivity contribution in [3.63, 3.8) is 0 Å². The van der Waals surface area contributed by atoms with E-state index in [1.54, 1.807) is 0 Å². The van der Waals surface area contributed by atoms with Gasteiger partial charge < -0.3 is 10.2 Å². The Bertz CT molecular complexity index is 656. The van der Waals surface area contributed by atoms with E-state index in [0.29, 0.717) is 13.1 Å². The van der Waals surface area contributed by atoms with Gasteiger partial charge in [0.15, 0.2) is 0 Å². The number of nitrogens with zero attached hydrogens (tertiary/aromatic N) is 1. The topological polar surface area (TPSA) is 94.9 Å². The molecule has 6 nitrogen and oxygen atoms in total. The zero-order valence-corrected chi connectivity index (χ0v) is 12.9. The first-order valence-corrected chi connectivity index (χ1v) is 8.14. The minimum absolute atomic E-state index is 0.0996. The molecule has 1 aliphatic rings. The summed E-state index contributed by atoms with van der Waals surface area (Å²) >= 11 is 0. The number of benzene rings is 1. The van der Waals surface area contributed by atoms with Gasteiger partial charge >= 0.3 is 5.97 Å². The molecule has 0 atom stereocenters. The molecule has 0 aromatic heterocycles. The monoisotopic (exact) mass is 313 g/mol. The molecule has 0 amide bonds. The molecular formula is C14H19NO5S. The number of aromatic hydroxyl groups is 1. The summed E-state index contributed by atoms with van der Waals surface area (Å²) in [6, 6.07) is 3.34. The van der Waals surface area contributed by atoms with Crippen molar-refractivity contribution in [2.24, 2.45) is 5.41 Å². The van der Waals surface area contributed by atoms with Crippen molar-refractivity contribution in [1.82, 2.24) is 4.31 Å². The van der Waals surface area contributed by atoms with E-state index < -0.39 is 27.3 Å². The molecule has 1 fully saturated rings. The summed E-state index contributed by atoms with van der Waals surface area (Å²) in [4.78, 5) is 10.9. The first-order valence-electron chi connectivity index (χ1n) is 6.70. The zero-order chi connectivity index (χ0) is 15.8. The van der Waals surface area contributed by atoms with E-state index in [0.717, 1.165) is 25.0 Å². The second kappa shape index (κ2) is 5.31. The first kappa shape index (κ1) is 15.8. The molecule has 1 aromatic rings. The molecule has 0 bridgehead atoms. The molecule has 2 N–H and O–H groups in total. The first-order chi connectivity index (χ1) is 9.63. The third-order valence-corrected chi connectivity index (χ3v) is 5.81. The number of aromatic carboxylic acids is 1. The molecule has 1 aliphatic heterocycles. The number of hydrogen-bond acceptors (Lipinski definition) is 4. The van der Waals surface area contributed by atoms with Crippen LogP contribution in [0.15, 0.2) is 23.1 Å². The van der Waals surface area contributed by atoms with Gasteiger partial charge in [-0.25, -0.2) is 13.2 Å². The second-order valence-corrected chi connectivity index (χ2v) is 7.99. The summed E-state index contributed by atoms with van der Waals surface area (Å²) in [5.41, 5.74) is -0.291. The van der Waals surface area contributed by atoms with E-state index in [-0.39, 0.29) is 10.3 Å². The van der Waals surface area contributed by atoms with Crippen molar-refractivity contribution < 1.29 is 23.4 Å². The lowest BCUT2D eigenvalue weighted by atomic mass is 9.83. The minimum atomic E-state index is -3.73. The van der Waals surface area contributed by atoms with Crippen LogP contribution in [0.4, 0.5) is 0 Å². The van der Waals surface area contributed by atoms with Crippen LogP contribution >= 0.6 is 0 Å². The van der Waals surface area contributed by atoms with Crippen LogP contribution in [0.1, 0.15) is 37.0 Å². The number of hydrogen-bond donors (Lipinski definition) is 2. The summed E-state index contributed by atoms with van der Waals surface area (Å²) in [6.45, 7) is 5.03. The lowest BCUT2D eigenvalue weighted by molar-refractivity contribution is 0.0693. The van der Waals surface area contributed by atoms with Crippen molar-refractivity contribution in [3.8, 4) is 5.75 Å². The van der Waals surface area contributed by atoms with E-state index in [2.05, 4.69) is 13.8 Å². The fourth-order valence-corrected chi connectivity index (χ4v) is 3.80. The zero-order valence-electron chi connectivity index (χ0n) is 12.0. The number of carboxylic acids is 1. The Labute approximate surface area is 124 Å². The van der Waals surface area contributed by atoms with Crippen molar-refractivity contribution in [2.75, 3.05) is 13.1 Å². The van der Waals surface area contributed by atoms with Crippen molar-refractivity contribution in [3.05, 3.63) is 23.8 Å². The Hall–Kier alpha value is -1.60. The average Bonchev–Trinajstić information content (AvgIpc) is 2.38. The van der Waals surface area contributed by atoms with Crippen LogP contribution in [0.2, 0.25) is 0 Å². The Balaban J connectivity index is 2.33. The van der Waals surface area contributed by atoms with E-state index in [1.807, 2.05) is 0 Å². The van der Waals surface area contributed by atoms with Gasteiger partial charge in [-0.1, -0.05) is 13.8 Å². The molecule has 0 aliphatic carbocycles. The lowest BCUT2D eigenvalue weighted by Crippen LogP contribution is -2.41. The summed E-state index contributed by atoms with van der Waals surface area (Å²) < 4.78 is 26.4. The second-order valence-electron chi connectivity index (χ2n) is 6.05. The molecule has 1 aromatic carbocycles. The fraction of sp³-hybridized carbons (Fsp3) is 0.500. The largest absolute Gasteiger partial charge is 0.507 e. The molecule has 21 heavy (non-hydrogen) atoms. The summed E-state index contributed by atoms with van der Waals surface area (Å²) in [7, 11) is -3.73. The summed E-state index contributed by atoms with van der Waals surface area (Å²) in [5, 5.41) is 18.4. The Kier molecular flexibility index (Phi) is 3.99. The number of carbonyl (C=O) groups is 1.